The minimum absolute atomic E-state index is 0.00429. The Morgan fingerprint density at radius 3 is 2.85 bits per heavy atom. The molecule has 33 heavy (non-hydrogen) atoms. The lowest BCUT2D eigenvalue weighted by molar-refractivity contribution is 0.102. The van der Waals surface area contributed by atoms with Crippen LogP contribution >= 0.6 is 11.6 Å². The van der Waals surface area contributed by atoms with Crippen LogP contribution in [0.3, 0.4) is 0 Å². The molecule has 5 rings (SSSR count). The Labute approximate surface area is 199 Å². The molecule has 2 fully saturated rings. The lowest BCUT2D eigenvalue weighted by Crippen LogP contribution is -2.54. The predicted molar refractivity (Wildman–Crippen MR) is 131 cm³/mol. The monoisotopic (exact) mass is 469 g/mol. The van der Waals surface area contributed by atoms with Crippen LogP contribution in [0, 0.1) is 18.8 Å². The van der Waals surface area contributed by atoms with E-state index in [1.807, 2.05) is 13.0 Å². The molecule has 0 spiro atoms. The summed E-state index contributed by atoms with van der Waals surface area (Å²) in [7, 11) is 0. The molecule has 0 saturated carbocycles. The number of aryl methyl sites for hydroxylation is 1. The van der Waals surface area contributed by atoms with E-state index in [0.717, 1.165) is 60.5 Å². The summed E-state index contributed by atoms with van der Waals surface area (Å²) in [6, 6.07) is 8.21. The molecule has 3 aromatic rings. The van der Waals surface area contributed by atoms with E-state index in [0.29, 0.717) is 17.6 Å². The van der Waals surface area contributed by atoms with Crippen LogP contribution in [0.5, 0.6) is 0 Å². The maximum absolute atomic E-state index is 9.28. The zero-order chi connectivity index (χ0) is 22.9. The minimum atomic E-state index is 0.00429. The Morgan fingerprint density at radius 1 is 1.21 bits per heavy atom. The third-order valence-electron chi connectivity index (χ3n) is 7.08. The van der Waals surface area contributed by atoms with Crippen LogP contribution in [0.1, 0.15) is 36.9 Å². The summed E-state index contributed by atoms with van der Waals surface area (Å²) >= 11 is 6.51. The van der Waals surface area contributed by atoms with E-state index in [4.69, 9.17) is 16.6 Å². The van der Waals surface area contributed by atoms with Gasteiger partial charge in [0.15, 0.2) is 0 Å². The second-order valence-electron chi connectivity index (χ2n) is 9.45. The molecular weight excluding hydrogens is 438 g/mol. The fraction of sp³-hybridized carbons (Fsp3) is 0.542. The number of fused-ring (bicyclic) bond motifs is 1. The third-order valence-corrected chi connectivity index (χ3v) is 7.41. The first-order chi connectivity index (χ1) is 16.0. The standard InChI is InChI=1S/C24H32ClN7O/c1-16-5-6-20(21(25)10-16)17(2)28-23-11-22(29-24-26-15-27-32(23)24)31-13-19(14-31)18-4-3-7-30(12-18)8-9-33/h5-6,10-11,15,17-19,28,33H,3-4,7-9,12-14H2,1-2H3/t17?,18-/m0/s1. The van der Waals surface area contributed by atoms with Gasteiger partial charge < -0.3 is 20.2 Å². The summed E-state index contributed by atoms with van der Waals surface area (Å²) in [6.07, 6.45) is 4.04. The van der Waals surface area contributed by atoms with Gasteiger partial charge in [0.2, 0.25) is 0 Å². The van der Waals surface area contributed by atoms with Gasteiger partial charge in [-0.2, -0.15) is 19.6 Å². The lowest BCUT2D eigenvalue weighted by Gasteiger charge is -2.47. The van der Waals surface area contributed by atoms with E-state index in [9.17, 15) is 5.11 Å². The van der Waals surface area contributed by atoms with Crippen LogP contribution in [0.25, 0.3) is 5.78 Å². The largest absolute Gasteiger partial charge is 0.395 e. The second kappa shape index (κ2) is 9.44. The fourth-order valence-corrected chi connectivity index (χ4v) is 5.56. The van der Waals surface area contributed by atoms with Crippen molar-refractivity contribution >= 4 is 29.0 Å². The van der Waals surface area contributed by atoms with E-state index in [2.05, 4.69) is 50.3 Å². The second-order valence-corrected chi connectivity index (χ2v) is 9.86. The lowest BCUT2D eigenvalue weighted by atomic mass is 9.80. The van der Waals surface area contributed by atoms with Gasteiger partial charge in [-0.1, -0.05) is 23.7 Å². The number of piperidine rings is 1. The highest BCUT2D eigenvalue weighted by Crippen LogP contribution is 2.35. The molecule has 1 unspecified atom stereocenters. The molecule has 1 aromatic carbocycles. The summed E-state index contributed by atoms with van der Waals surface area (Å²) in [5, 5.41) is 18.0. The number of benzene rings is 1. The molecule has 2 aliphatic rings. The molecule has 176 valence electrons. The Hall–Kier alpha value is -2.42. The first kappa shape index (κ1) is 22.4. The maximum Gasteiger partial charge on any atom is 0.256 e. The number of β-amino-alcohol motifs (C(OH)–C–C–N with tert-alkyl or cyclic N) is 1. The van der Waals surface area contributed by atoms with Crippen molar-refractivity contribution in [1.29, 1.82) is 0 Å². The molecule has 9 heteroatoms. The van der Waals surface area contributed by atoms with Crippen molar-refractivity contribution in [3.05, 3.63) is 46.7 Å². The molecule has 8 nitrogen and oxygen atoms in total. The average molecular weight is 470 g/mol. The average Bonchev–Trinajstić information content (AvgIpc) is 3.22. The van der Waals surface area contributed by atoms with Crippen LogP contribution in [0.2, 0.25) is 5.02 Å². The molecule has 0 bridgehead atoms. The number of halogens is 1. The van der Waals surface area contributed by atoms with E-state index in [1.54, 1.807) is 4.52 Å². The van der Waals surface area contributed by atoms with Gasteiger partial charge in [0.25, 0.3) is 5.78 Å². The number of aliphatic hydroxyl groups is 1. The molecule has 2 N–H and O–H groups in total. The summed E-state index contributed by atoms with van der Waals surface area (Å²) in [5.41, 5.74) is 2.19. The summed E-state index contributed by atoms with van der Waals surface area (Å²) in [5.74, 6) is 3.74. The van der Waals surface area contributed by atoms with E-state index < -0.39 is 0 Å². The predicted octanol–water partition coefficient (Wildman–Crippen LogP) is 3.40. The van der Waals surface area contributed by atoms with Gasteiger partial charge in [-0.15, -0.1) is 0 Å². The Morgan fingerprint density at radius 2 is 2.06 bits per heavy atom. The van der Waals surface area contributed by atoms with Gasteiger partial charge in [0, 0.05) is 37.3 Å². The zero-order valence-electron chi connectivity index (χ0n) is 19.3. The van der Waals surface area contributed by atoms with Crippen molar-refractivity contribution in [3.8, 4) is 0 Å². The number of anilines is 2. The van der Waals surface area contributed by atoms with Crippen LogP contribution in [0.15, 0.2) is 30.6 Å². The Bertz CT molecular complexity index is 1110. The van der Waals surface area contributed by atoms with Crippen molar-refractivity contribution < 1.29 is 5.11 Å². The summed E-state index contributed by atoms with van der Waals surface area (Å²) in [4.78, 5) is 13.8. The van der Waals surface area contributed by atoms with Gasteiger partial charge in [-0.25, -0.2) is 0 Å². The smallest absolute Gasteiger partial charge is 0.256 e. The summed E-state index contributed by atoms with van der Waals surface area (Å²) in [6.45, 7) is 9.39. The number of nitrogens with one attached hydrogen (secondary N) is 1. The quantitative estimate of drug-likeness (QED) is 0.548. The number of aromatic nitrogens is 4. The number of rotatable bonds is 7. The SMILES string of the molecule is Cc1ccc(C(C)Nc2cc(N3CC([C@H]4CCCN(CCO)C4)C3)nc3ncnn23)c(Cl)c1. The molecular formula is C24H32ClN7O. The maximum atomic E-state index is 9.28. The highest BCUT2D eigenvalue weighted by Gasteiger charge is 2.36. The van der Waals surface area contributed by atoms with Crippen molar-refractivity contribution in [3.63, 3.8) is 0 Å². The molecule has 4 heterocycles. The molecule has 0 radical (unpaired) electrons. The van der Waals surface area contributed by atoms with Crippen molar-refractivity contribution in [2.45, 2.75) is 32.7 Å². The Balaban J connectivity index is 1.30. The topological polar surface area (TPSA) is 81.8 Å². The van der Waals surface area contributed by atoms with E-state index in [-0.39, 0.29) is 12.6 Å². The highest BCUT2D eigenvalue weighted by molar-refractivity contribution is 6.31. The molecule has 0 aliphatic carbocycles. The number of likely N-dealkylation sites (tertiary alicyclic amines) is 1. The van der Waals surface area contributed by atoms with Gasteiger partial charge in [-0.05, 0) is 62.3 Å². The van der Waals surface area contributed by atoms with Crippen LogP contribution in [0.4, 0.5) is 11.6 Å². The first-order valence-electron chi connectivity index (χ1n) is 11.8. The number of hydrogen-bond donors (Lipinski definition) is 2. The molecule has 2 aliphatic heterocycles. The molecule has 0 amide bonds. The van der Waals surface area contributed by atoms with Gasteiger partial charge >= 0.3 is 0 Å². The van der Waals surface area contributed by atoms with Crippen molar-refractivity contribution in [2.24, 2.45) is 11.8 Å². The molecule has 2 saturated heterocycles. The highest BCUT2D eigenvalue weighted by atomic mass is 35.5. The number of aliphatic hydroxyl groups excluding tert-OH is 1. The number of nitrogens with zero attached hydrogens (tertiary/aromatic N) is 6. The van der Waals surface area contributed by atoms with E-state index in [1.165, 1.54) is 19.2 Å². The normalized spacial score (nSPS) is 20.7. The van der Waals surface area contributed by atoms with Crippen LogP contribution < -0.4 is 10.2 Å². The number of hydrogen-bond acceptors (Lipinski definition) is 7. The van der Waals surface area contributed by atoms with Gasteiger partial charge in [0.1, 0.15) is 18.0 Å². The fourth-order valence-electron chi connectivity index (χ4n) is 5.17. The minimum Gasteiger partial charge on any atom is -0.395 e. The van der Waals surface area contributed by atoms with Crippen molar-refractivity contribution in [1.82, 2.24) is 24.5 Å². The molecule has 2 atom stereocenters. The van der Waals surface area contributed by atoms with Crippen LogP contribution in [-0.2, 0) is 0 Å². The van der Waals surface area contributed by atoms with Crippen molar-refractivity contribution in [2.75, 3.05) is 49.5 Å². The van der Waals surface area contributed by atoms with Gasteiger partial charge in [0.05, 0.1) is 12.6 Å². The Kier molecular flexibility index (Phi) is 6.40. The van der Waals surface area contributed by atoms with Gasteiger partial charge in [-0.3, -0.25) is 0 Å². The zero-order valence-corrected chi connectivity index (χ0v) is 20.0. The third kappa shape index (κ3) is 4.65. The van der Waals surface area contributed by atoms with E-state index >= 15 is 0 Å². The first-order valence-corrected chi connectivity index (χ1v) is 12.2. The molecule has 2 aromatic heterocycles. The summed E-state index contributed by atoms with van der Waals surface area (Å²) < 4.78 is 1.74. The van der Waals surface area contributed by atoms with Crippen LogP contribution in [-0.4, -0.2) is 68.9 Å².